The van der Waals surface area contributed by atoms with E-state index in [-0.39, 0.29) is 17.6 Å². The van der Waals surface area contributed by atoms with E-state index in [4.69, 9.17) is 14.5 Å². The second-order valence-electron chi connectivity index (χ2n) is 11.5. The number of rotatable bonds is 7. The maximum absolute atomic E-state index is 13.0. The lowest BCUT2D eigenvalue weighted by Crippen LogP contribution is -2.46. The van der Waals surface area contributed by atoms with Gasteiger partial charge in [0.2, 0.25) is 0 Å². The Balaban J connectivity index is 1.07. The number of hydrogen-bond donors (Lipinski definition) is 1. The molecule has 0 spiro atoms. The van der Waals surface area contributed by atoms with Crippen LogP contribution < -0.4 is 10.1 Å². The van der Waals surface area contributed by atoms with E-state index in [2.05, 4.69) is 54.4 Å². The van der Waals surface area contributed by atoms with Crippen molar-refractivity contribution in [3.63, 3.8) is 0 Å². The van der Waals surface area contributed by atoms with Crippen LogP contribution in [0.15, 0.2) is 48.7 Å². The van der Waals surface area contributed by atoms with Gasteiger partial charge in [0.25, 0.3) is 5.91 Å². The Bertz CT molecular complexity index is 1330. The molecule has 3 aliphatic heterocycles. The smallest absolute Gasteiger partial charge is 0.254 e. The minimum absolute atomic E-state index is 0.142. The van der Waals surface area contributed by atoms with Crippen molar-refractivity contribution in [1.82, 2.24) is 20.1 Å². The molecule has 7 heteroatoms. The van der Waals surface area contributed by atoms with Crippen LogP contribution in [0.2, 0.25) is 0 Å². The van der Waals surface area contributed by atoms with E-state index < -0.39 is 0 Å². The monoisotopic (exact) mass is 514 g/mol. The molecular formula is C31H38N4O3. The van der Waals surface area contributed by atoms with Crippen molar-refractivity contribution in [2.75, 3.05) is 33.3 Å². The number of benzene rings is 2. The van der Waals surface area contributed by atoms with Crippen molar-refractivity contribution in [3.05, 3.63) is 71.0 Å². The lowest BCUT2D eigenvalue weighted by atomic mass is 9.95. The molecule has 0 radical (unpaired) electrons. The van der Waals surface area contributed by atoms with E-state index in [0.29, 0.717) is 12.6 Å². The Kier molecular flexibility index (Phi) is 6.84. The third-order valence-electron chi connectivity index (χ3n) is 8.52. The number of methoxy groups -OCH3 is 1. The molecule has 0 bridgehead atoms. The van der Waals surface area contributed by atoms with Gasteiger partial charge in [0.1, 0.15) is 11.9 Å². The first-order valence-electron chi connectivity index (χ1n) is 13.9. The van der Waals surface area contributed by atoms with Crippen LogP contribution in [0.4, 0.5) is 0 Å². The number of aromatic nitrogens is 1. The van der Waals surface area contributed by atoms with Gasteiger partial charge in [-0.05, 0) is 86.5 Å². The molecule has 2 aromatic carbocycles. The maximum Gasteiger partial charge on any atom is 0.254 e. The van der Waals surface area contributed by atoms with Gasteiger partial charge < -0.3 is 19.7 Å². The number of ether oxygens (including phenoxy) is 2. The lowest BCUT2D eigenvalue weighted by Gasteiger charge is -2.31. The molecule has 2 saturated heterocycles. The Morgan fingerprint density at radius 2 is 2.00 bits per heavy atom. The fourth-order valence-corrected chi connectivity index (χ4v) is 6.01. The van der Waals surface area contributed by atoms with Crippen molar-refractivity contribution in [1.29, 1.82) is 0 Å². The van der Waals surface area contributed by atoms with Gasteiger partial charge in [-0.3, -0.25) is 14.7 Å². The van der Waals surface area contributed by atoms with Gasteiger partial charge >= 0.3 is 0 Å². The minimum atomic E-state index is -0.321. The van der Waals surface area contributed by atoms with Crippen LogP contribution in [-0.2, 0) is 23.4 Å². The third-order valence-corrected chi connectivity index (χ3v) is 8.52. The number of likely N-dealkylation sites (tertiary alicyclic amines) is 1. The summed E-state index contributed by atoms with van der Waals surface area (Å²) < 4.78 is 12.0. The molecule has 200 valence electrons. The normalized spacial score (nSPS) is 22.3. The van der Waals surface area contributed by atoms with Crippen molar-refractivity contribution in [3.8, 4) is 5.75 Å². The number of nitrogens with zero attached hydrogens (tertiary/aromatic N) is 3. The number of pyridine rings is 1. The molecule has 38 heavy (non-hydrogen) atoms. The van der Waals surface area contributed by atoms with E-state index in [1.54, 1.807) is 7.11 Å². The first kappa shape index (κ1) is 25.3. The number of fused-ring (bicyclic) bond motifs is 2. The molecule has 0 saturated carbocycles. The fourth-order valence-electron chi connectivity index (χ4n) is 6.01. The van der Waals surface area contributed by atoms with Crippen molar-refractivity contribution < 1.29 is 14.3 Å². The Hall–Kier alpha value is -3.00. The summed E-state index contributed by atoms with van der Waals surface area (Å²) in [6.45, 7) is 9.44. The molecule has 1 amide bonds. The highest BCUT2D eigenvalue weighted by Gasteiger charge is 2.34. The van der Waals surface area contributed by atoms with Crippen molar-refractivity contribution >= 4 is 16.7 Å². The van der Waals surface area contributed by atoms with E-state index in [0.717, 1.165) is 85.5 Å². The van der Waals surface area contributed by atoms with Crippen LogP contribution in [0.5, 0.6) is 5.75 Å². The summed E-state index contributed by atoms with van der Waals surface area (Å²) in [5.41, 5.74) is 3.82. The highest BCUT2D eigenvalue weighted by atomic mass is 16.5. The summed E-state index contributed by atoms with van der Waals surface area (Å²) in [5, 5.41) is 5.76. The van der Waals surface area contributed by atoms with E-state index >= 15 is 0 Å². The van der Waals surface area contributed by atoms with Crippen molar-refractivity contribution in [2.45, 2.75) is 63.9 Å². The van der Waals surface area contributed by atoms with Crippen LogP contribution in [0.3, 0.4) is 0 Å². The zero-order valence-corrected chi connectivity index (χ0v) is 22.7. The third kappa shape index (κ3) is 5.03. The summed E-state index contributed by atoms with van der Waals surface area (Å²) in [4.78, 5) is 22.2. The summed E-state index contributed by atoms with van der Waals surface area (Å²) in [6.07, 6.45) is 5.30. The van der Waals surface area contributed by atoms with Crippen LogP contribution in [0.1, 0.15) is 60.3 Å². The van der Waals surface area contributed by atoms with Crippen LogP contribution in [-0.4, -0.2) is 66.1 Å². The van der Waals surface area contributed by atoms with Gasteiger partial charge in [-0.2, -0.15) is 0 Å². The molecule has 1 unspecified atom stereocenters. The highest BCUT2D eigenvalue weighted by molar-refractivity contribution is 5.98. The largest absolute Gasteiger partial charge is 0.489 e. The molecule has 1 aromatic heterocycles. The molecule has 6 rings (SSSR count). The summed E-state index contributed by atoms with van der Waals surface area (Å²) in [5.74, 6) is 1.03. The van der Waals surface area contributed by atoms with Gasteiger partial charge in [-0.25, -0.2) is 0 Å². The lowest BCUT2D eigenvalue weighted by molar-refractivity contribution is 0.0193. The molecule has 3 aromatic rings. The van der Waals surface area contributed by atoms with E-state index in [9.17, 15) is 4.79 Å². The zero-order valence-electron chi connectivity index (χ0n) is 22.7. The van der Waals surface area contributed by atoms with Crippen LogP contribution in [0.25, 0.3) is 10.8 Å². The number of piperidine rings is 1. The number of carbonyl (C=O) groups excluding carboxylic acids is 1. The highest BCUT2D eigenvalue weighted by Crippen LogP contribution is 2.31. The first-order chi connectivity index (χ1) is 18.4. The number of hydrogen-bond acceptors (Lipinski definition) is 6. The van der Waals surface area contributed by atoms with Crippen LogP contribution in [0, 0.1) is 0 Å². The Morgan fingerprint density at radius 1 is 1.11 bits per heavy atom. The molecule has 7 nitrogen and oxygen atoms in total. The molecular weight excluding hydrogens is 476 g/mol. The van der Waals surface area contributed by atoms with Gasteiger partial charge in [0.15, 0.2) is 0 Å². The summed E-state index contributed by atoms with van der Waals surface area (Å²) >= 11 is 0. The van der Waals surface area contributed by atoms with Gasteiger partial charge in [0, 0.05) is 63.0 Å². The molecule has 4 heterocycles. The minimum Gasteiger partial charge on any atom is -0.489 e. The summed E-state index contributed by atoms with van der Waals surface area (Å²) in [7, 11) is 1.74. The SMILES string of the molecule is COC(C)(C)c1ccc2cc(CN3CC[C@H](Oc4ccc5c(c4)CN(C4CCCNC4)C5=O)C3)ncc2c1. The molecule has 2 atom stereocenters. The van der Waals surface area contributed by atoms with E-state index in [1.165, 1.54) is 5.39 Å². The Morgan fingerprint density at radius 3 is 2.82 bits per heavy atom. The van der Waals surface area contributed by atoms with E-state index in [1.807, 2.05) is 23.2 Å². The fraction of sp³-hybridized carbons (Fsp3) is 0.484. The topological polar surface area (TPSA) is 66.9 Å². The second kappa shape index (κ2) is 10.3. The predicted octanol–water partition coefficient (Wildman–Crippen LogP) is 4.48. The van der Waals surface area contributed by atoms with Gasteiger partial charge in [-0.1, -0.05) is 12.1 Å². The molecule has 0 aliphatic carbocycles. The van der Waals surface area contributed by atoms with Crippen LogP contribution >= 0.6 is 0 Å². The first-order valence-corrected chi connectivity index (χ1v) is 13.9. The average Bonchev–Trinajstić information content (AvgIpc) is 3.51. The van der Waals surface area contributed by atoms with Crippen molar-refractivity contribution in [2.24, 2.45) is 0 Å². The predicted molar refractivity (Wildman–Crippen MR) is 148 cm³/mol. The van der Waals surface area contributed by atoms with Gasteiger partial charge in [-0.15, -0.1) is 0 Å². The second-order valence-corrected chi connectivity index (χ2v) is 11.5. The Labute approximate surface area is 225 Å². The standard InChI is InChI=1S/C31H38N4O3/c1-31(2,37-3)24-7-6-21-14-25(33-16-22(21)13-24)19-34-12-10-28(20-34)38-27-8-9-29-23(15-27)18-35(30(29)36)26-5-4-11-32-17-26/h6-9,13-16,26,28,32H,4-5,10-12,17-20H2,1-3H3/t26?,28-/m0/s1. The number of carbonyl (C=O) groups is 1. The number of nitrogens with one attached hydrogen (secondary N) is 1. The molecule has 3 aliphatic rings. The quantitative estimate of drug-likeness (QED) is 0.502. The zero-order chi connectivity index (χ0) is 26.3. The molecule has 2 fully saturated rings. The maximum atomic E-state index is 13.0. The molecule has 1 N–H and O–H groups in total. The summed E-state index contributed by atoms with van der Waals surface area (Å²) in [6, 6.07) is 15.0. The number of amides is 1. The van der Waals surface area contributed by atoms with Gasteiger partial charge in [0.05, 0.1) is 11.3 Å². The average molecular weight is 515 g/mol.